The first-order chi connectivity index (χ1) is 11.7. The van der Waals surface area contributed by atoms with Gasteiger partial charge < -0.3 is 10.1 Å². The SMILES string of the molecule is CCCOc1ncccc1CNC(=O)C1CC1c1ccc(Cl)cc1. The zero-order chi connectivity index (χ0) is 16.9. The third-order valence-corrected chi connectivity index (χ3v) is 4.42. The lowest BCUT2D eigenvalue weighted by atomic mass is 10.1. The van der Waals surface area contributed by atoms with Gasteiger partial charge in [-0.2, -0.15) is 0 Å². The van der Waals surface area contributed by atoms with Gasteiger partial charge in [0.1, 0.15) is 0 Å². The monoisotopic (exact) mass is 344 g/mol. The summed E-state index contributed by atoms with van der Waals surface area (Å²) in [5.74, 6) is 1.03. The first-order valence-corrected chi connectivity index (χ1v) is 8.66. The van der Waals surface area contributed by atoms with Crippen LogP contribution in [0.25, 0.3) is 0 Å². The fourth-order valence-corrected chi connectivity index (χ4v) is 2.89. The molecule has 4 nitrogen and oxygen atoms in total. The zero-order valence-electron chi connectivity index (χ0n) is 13.7. The maximum atomic E-state index is 12.4. The van der Waals surface area contributed by atoms with Gasteiger partial charge in [-0.1, -0.05) is 36.7 Å². The van der Waals surface area contributed by atoms with Crippen molar-refractivity contribution in [1.82, 2.24) is 10.3 Å². The Morgan fingerprint density at radius 3 is 2.88 bits per heavy atom. The molecule has 1 heterocycles. The Morgan fingerprint density at radius 2 is 2.12 bits per heavy atom. The third kappa shape index (κ3) is 4.06. The van der Waals surface area contributed by atoms with Crippen LogP contribution in [0.3, 0.4) is 0 Å². The van der Waals surface area contributed by atoms with E-state index in [-0.39, 0.29) is 11.8 Å². The van der Waals surface area contributed by atoms with Gasteiger partial charge in [0.2, 0.25) is 11.8 Å². The van der Waals surface area contributed by atoms with Gasteiger partial charge in [-0.25, -0.2) is 4.98 Å². The third-order valence-electron chi connectivity index (χ3n) is 4.17. The Bertz CT molecular complexity index is 703. The van der Waals surface area contributed by atoms with Crippen molar-refractivity contribution in [3.8, 4) is 5.88 Å². The maximum Gasteiger partial charge on any atom is 0.224 e. The van der Waals surface area contributed by atoms with E-state index in [0.29, 0.717) is 24.9 Å². The van der Waals surface area contributed by atoms with Gasteiger partial charge in [0.15, 0.2) is 0 Å². The van der Waals surface area contributed by atoms with Crippen LogP contribution in [0.2, 0.25) is 5.02 Å². The smallest absolute Gasteiger partial charge is 0.224 e. The van der Waals surface area contributed by atoms with Crippen LogP contribution >= 0.6 is 11.6 Å². The first-order valence-electron chi connectivity index (χ1n) is 8.29. The van der Waals surface area contributed by atoms with Gasteiger partial charge >= 0.3 is 0 Å². The van der Waals surface area contributed by atoms with E-state index in [1.54, 1.807) is 6.20 Å². The zero-order valence-corrected chi connectivity index (χ0v) is 14.4. The summed E-state index contributed by atoms with van der Waals surface area (Å²) in [6, 6.07) is 11.5. The van der Waals surface area contributed by atoms with Crippen molar-refractivity contribution in [3.05, 3.63) is 58.7 Å². The molecule has 1 aliphatic rings. The van der Waals surface area contributed by atoms with Crippen molar-refractivity contribution in [1.29, 1.82) is 0 Å². The molecule has 1 aromatic heterocycles. The van der Waals surface area contributed by atoms with Crippen molar-refractivity contribution in [2.75, 3.05) is 6.61 Å². The molecule has 3 rings (SSSR count). The number of carbonyl (C=O) groups is 1. The van der Waals surface area contributed by atoms with Gasteiger partial charge in [0.25, 0.3) is 0 Å². The molecule has 0 saturated heterocycles. The lowest BCUT2D eigenvalue weighted by Gasteiger charge is -2.10. The van der Waals surface area contributed by atoms with Gasteiger partial charge in [-0.3, -0.25) is 4.79 Å². The number of pyridine rings is 1. The number of nitrogens with one attached hydrogen (secondary N) is 1. The Morgan fingerprint density at radius 1 is 1.33 bits per heavy atom. The quantitative estimate of drug-likeness (QED) is 0.827. The van der Waals surface area contributed by atoms with Crippen LogP contribution in [0.1, 0.15) is 36.8 Å². The van der Waals surface area contributed by atoms with Crippen LogP contribution < -0.4 is 10.1 Å². The highest BCUT2D eigenvalue weighted by atomic mass is 35.5. The Kier molecular flexibility index (Phi) is 5.36. The number of hydrogen-bond acceptors (Lipinski definition) is 3. The van der Waals surface area contributed by atoms with E-state index in [9.17, 15) is 4.79 Å². The lowest BCUT2D eigenvalue weighted by Crippen LogP contribution is -2.25. The van der Waals surface area contributed by atoms with Crippen LogP contribution in [0.4, 0.5) is 0 Å². The number of aromatic nitrogens is 1. The molecular formula is C19H21ClN2O2. The molecule has 1 aromatic carbocycles. The number of halogens is 1. The predicted molar refractivity (Wildman–Crippen MR) is 94.2 cm³/mol. The Labute approximate surface area is 147 Å². The molecule has 1 aliphatic carbocycles. The highest BCUT2D eigenvalue weighted by molar-refractivity contribution is 6.30. The molecule has 0 spiro atoms. The second kappa shape index (κ2) is 7.67. The number of carbonyl (C=O) groups excluding carboxylic acids is 1. The highest BCUT2D eigenvalue weighted by Gasteiger charge is 2.43. The number of nitrogens with zero attached hydrogens (tertiary/aromatic N) is 1. The summed E-state index contributed by atoms with van der Waals surface area (Å²) in [5, 5.41) is 3.72. The van der Waals surface area contributed by atoms with E-state index in [1.807, 2.05) is 43.3 Å². The molecule has 5 heteroatoms. The molecule has 2 aromatic rings. The van der Waals surface area contributed by atoms with Crippen molar-refractivity contribution in [3.63, 3.8) is 0 Å². The van der Waals surface area contributed by atoms with Crippen LogP contribution in [0, 0.1) is 5.92 Å². The minimum Gasteiger partial charge on any atom is -0.477 e. The van der Waals surface area contributed by atoms with E-state index >= 15 is 0 Å². The van der Waals surface area contributed by atoms with E-state index in [4.69, 9.17) is 16.3 Å². The highest BCUT2D eigenvalue weighted by Crippen LogP contribution is 2.47. The van der Waals surface area contributed by atoms with E-state index < -0.39 is 0 Å². The lowest BCUT2D eigenvalue weighted by molar-refractivity contribution is -0.122. The molecule has 0 aliphatic heterocycles. The van der Waals surface area contributed by atoms with Crippen LogP contribution in [-0.2, 0) is 11.3 Å². The van der Waals surface area contributed by atoms with E-state index in [2.05, 4.69) is 10.3 Å². The Balaban J connectivity index is 1.54. The molecule has 1 N–H and O–H groups in total. The van der Waals surface area contributed by atoms with Crippen LogP contribution in [-0.4, -0.2) is 17.5 Å². The van der Waals surface area contributed by atoms with Crippen molar-refractivity contribution >= 4 is 17.5 Å². The van der Waals surface area contributed by atoms with Gasteiger partial charge in [-0.05, 0) is 42.5 Å². The van der Waals surface area contributed by atoms with Gasteiger partial charge in [-0.15, -0.1) is 0 Å². The predicted octanol–water partition coefficient (Wildman–Crippen LogP) is 3.94. The first kappa shape index (κ1) is 16.8. The normalized spacial score (nSPS) is 18.9. The number of ether oxygens (including phenoxy) is 1. The summed E-state index contributed by atoms with van der Waals surface area (Å²) in [4.78, 5) is 16.6. The standard InChI is InChI=1S/C19H21ClN2O2/c1-2-10-24-19-14(4-3-9-21-19)12-22-18(23)17-11-16(17)13-5-7-15(20)8-6-13/h3-9,16-17H,2,10-12H2,1H3,(H,22,23). The average Bonchev–Trinajstić information content (AvgIpc) is 3.40. The largest absolute Gasteiger partial charge is 0.477 e. The van der Waals surface area contributed by atoms with Crippen LogP contribution in [0.15, 0.2) is 42.6 Å². The fourth-order valence-electron chi connectivity index (χ4n) is 2.76. The molecule has 24 heavy (non-hydrogen) atoms. The van der Waals surface area contributed by atoms with Gasteiger partial charge in [0.05, 0.1) is 6.61 Å². The molecule has 2 unspecified atom stereocenters. The van der Waals surface area contributed by atoms with Crippen molar-refractivity contribution in [2.24, 2.45) is 5.92 Å². The van der Waals surface area contributed by atoms with E-state index in [0.717, 1.165) is 23.4 Å². The summed E-state index contributed by atoms with van der Waals surface area (Å²) in [5.41, 5.74) is 2.08. The molecule has 2 atom stereocenters. The second-order valence-electron chi connectivity index (χ2n) is 6.03. The molecule has 1 amide bonds. The average molecular weight is 345 g/mol. The fraction of sp³-hybridized carbons (Fsp3) is 0.368. The number of benzene rings is 1. The van der Waals surface area contributed by atoms with Crippen molar-refractivity contribution < 1.29 is 9.53 Å². The van der Waals surface area contributed by atoms with Crippen LogP contribution in [0.5, 0.6) is 5.88 Å². The molecular weight excluding hydrogens is 324 g/mol. The van der Waals surface area contributed by atoms with Crippen molar-refractivity contribution in [2.45, 2.75) is 32.2 Å². The molecule has 1 fully saturated rings. The molecule has 126 valence electrons. The minimum absolute atomic E-state index is 0.0443. The van der Waals surface area contributed by atoms with Gasteiger partial charge in [0, 0.05) is 29.2 Å². The summed E-state index contributed by atoms with van der Waals surface area (Å²) < 4.78 is 5.62. The summed E-state index contributed by atoms with van der Waals surface area (Å²) >= 11 is 5.91. The molecule has 0 radical (unpaired) electrons. The number of rotatable bonds is 7. The molecule has 1 saturated carbocycles. The minimum atomic E-state index is 0.0443. The van der Waals surface area contributed by atoms with E-state index in [1.165, 1.54) is 5.56 Å². The number of hydrogen-bond donors (Lipinski definition) is 1. The topological polar surface area (TPSA) is 51.2 Å². The number of amides is 1. The second-order valence-corrected chi connectivity index (χ2v) is 6.47. The summed E-state index contributed by atoms with van der Waals surface area (Å²) in [6.45, 7) is 3.11. The molecule has 0 bridgehead atoms. The summed E-state index contributed by atoms with van der Waals surface area (Å²) in [6.07, 6.45) is 3.51. The Hall–Kier alpha value is -2.07. The summed E-state index contributed by atoms with van der Waals surface area (Å²) in [7, 11) is 0. The maximum absolute atomic E-state index is 12.4.